The molecule has 0 aliphatic rings. The molecule has 0 aliphatic heterocycles. The van der Waals surface area contributed by atoms with Crippen molar-refractivity contribution in [3.05, 3.63) is 40.9 Å². The van der Waals surface area contributed by atoms with E-state index in [4.69, 9.17) is 11.6 Å². The third kappa shape index (κ3) is 1.31. The first-order valence-corrected chi connectivity index (χ1v) is 4.37. The summed E-state index contributed by atoms with van der Waals surface area (Å²) in [5.41, 5.74) is 0.506. The van der Waals surface area contributed by atoms with E-state index in [0.717, 1.165) is 10.9 Å². The van der Waals surface area contributed by atoms with Crippen LogP contribution in [0.25, 0.3) is 10.9 Å². The van der Waals surface area contributed by atoms with Crippen molar-refractivity contribution in [1.29, 1.82) is 0 Å². The molecule has 0 bridgehead atoms. The second-order valence-corrected chi connectivity index (χ2v) is 2.89. The highest BCUT2D eigenvalue weighted by atomic mass is 35.5. The van der Waals surface area contributed by atoms with Gasteiger partial charge in [-0.15, -0.1) is 11.6 Å². The molecule has 2 aromatic rings. The quantitative estimate of drug-likeness (QED) is 0.647. The van der Waals surface area contributed by atoms with Gasteiger partial charge in [0.05, 0.1) is 5.52 Å². The molecule has 0 aliphatic carbocycles. The Labute approximate surface area is 79.6 Å². The van der Waals surface area contributed by atoms with Gasteiger partial charge in [-0.2, -0.15) is 0 Å². The Hall–Kier alpha value is -1.35. The van der Waals surface area contributed by atoms with Gasteiger partial charge in [0.2, 0.25) is 0 Å². The molecule has 3 nitrogen and oxygen atoms in total. The largest absolute Gasteiger partial charge is 0.349 e. The summed E-state index contributed by atoms with van der Waals surface area (Å²) in [6, 6.07) is 7.64. The minimum atomic E-state index is -0.311. The molecule has 0 atom stereocenters. The lowest BCUT2D eigenvalue weighted by atomic mass is 10.2. The van der Waals surface area contributed by atoms with E-state index in [1.54, 1.807) is 6.20 Å². The minimum Gasteiger partial charge on any atom is -0.278 e. The van der Waals surface area contributed by atoms with Gasteiger partial charge in [-0.05, 0) is 6.07 Å². The van der Waals surface area contributed by atoms with Gasteiger partial charge in [-0.25, -0.2) is 9.78 Å². The zero-order valence-electron chi connectivity index (χ0n) is 6.77. The molecular formula is C9H7ClN2O. The molecule has 0 N–H and O–H groups in total. The lowest BCUT2D eigenvalue weighted by Gasteiger charge is -2.03. The van der Waals surface area contributed by atoms with E-state index in [1.807, 2.05) is 24.3 Å². The van der Waals surface area contributed by atoms with E-state index >= 15 is 0 Å². The maximum Gasteiger partial charge on any atom is 0.349 e. The Morgan fingerprint density at radius 2 is 2.15 bits per heavy atom. The van der Waals surface area contributed by atoms with Gasteiger partial charge in [-0.3, -0.25) is 4.57 Å². The molecule has 0 saturated heterocycles. The predicted octanol–water partition coefficient (Wildman–Crippen LogP) is 1.59. The van der Waals surface area contributed by atoms with E-state index in [1.165, 1.54) is 4.57 Å². The summed E-state index contributed by atoms with van der Waals surface area (Å²) in [5, 5.41) is 0.919. The van der Waals surface area contributed by atoms with Crippen LogP contribution in [0, 0.1) is 0 Å². The number of hydrogen-bond acceptors (Lipinski definition) is 2. The number of benzene rings is 1. The normalized spacial score (nSPS) is 10.5. The summed E-state index contributed by atoms with van der Waals surface area (Å²) < 4.78 is 1.43. The summed E-state index contributed by atoms with van der Waals surface area (Å²) in [7, 11) is 0. The maximum absolute atomic E-state index is 11.2. The van der Waals surface area contributed by atoms with Gasteiger partial charge in [0.25, 0.3) is 0 Å². The molecule has 1 aromatic heterocycles. The van der Waals surface area contributed by atoms with Crippen molar-refractivity contribution in [2.24, 2.45) is 0 Å². The fourth-order valence-electron chi connectivity index (χ4n) is 1.26. The molecule has 0 saturated carbocycles. The second kappa shape index (κ2) is 3.18. The van der Waals surface area contributed by atoms with Crippen LogP contribution in [0.4, 0.5) is 0 Å². The molecule has 66 valence electrons. The van der Waals surface area contributed by atoms with Crippen molar-refractivity contribution in [3.63, 3.8) is 0 Å². The third-order valence-electron chi connectivity index (χ3n) is 1.89. The van der Waals surface area contributed by atoms with Gasteiger partial charge in [0.1, 0.15) is 6.00 Å². The van der Waals surface area contributed by atoms with Crippen LogP contribution in [0.5, 0.6) is 0 Å². The molecule has 0 amide bonds. The summed E-state index contributed by atoms with van der Waals surface area (Å²) in [5.74, 6) is 0. The SMILES string of the molecule is O=c1ncc2ccccc2n1CCl. The summed E-state index contributed by atoms with van der Waals surface area (Å²) in [6.07, 6.45) is 1.56. The Morgan fingerprint density at radius 1 is 1.38 bits per heavy atom. The number of aromatic nitrogens is 2. The molecule has 0 radical (unpaired) electrons. The summed E-state index contributed by atoms with van der Waals surface area (Å²) in [6.45, 7) is 0. The lowest BCUT2D eigenvalue weighted by Crippen LogP contribution is -2.20. The first-order valence-electron chi connectivity index (χ1n) is 3.83. The van der Waals surface area contributed by atoms with Crippen LogP contribution in [0.2, 0.25) is 0 Å². The smallest absolute Gasteiger partial charge is 0.278 e. The Kier molecular flexibility index (Phi) is 2.02. The molecule has 1 heterocycles. The fraction of sp³-hybridized carbons (Fsp3) is 0.111. The van der Waals surface area contributed by atoms with Crippen LogP contribution in [-0.4, -0.2) is 9.55 Å². The van der Waals surface area contributed by atoms with Crippen LogP contribution < -0.4 is 5.69 Å². The van der Waals surface area contributed by atoms with E-state index < -0.39 is 0 Å². The van der Waals surface area contributed by atoms with E-state index in [0.29, 0.717) is 0 Å². The fourth-order valence-corrected chi connectivity index (χ4v) is 1.49. The molecule has 0 fully saturated rings. The van der Waals surface area contributed by atoms with Crippen LogP contribution in [-0.2, 0) is 6.00 Å². The van der Waals surface area contributed by atoms with Gasteiger partial charge >= 0.3 is 5.69 Å². The van der Waals surface area contributed by atoms with Crippen molar-refractivity contribution in [2.45, 2.75) is 6.00 Å². The maximum atomic E-state index is 11.2. The average Bonchev–Trinajstić information content (AvgIpc) is 2.18. The molecule has 2 rings (SSSR count). The van der Waals surface area contributed by atoms with Crippen molar-refractivity contribution in [1.82, 2.24) is 9.55 Å². The molecule has 0 unspecified atom stereocenters. The number of nitrogens with zero attached hydrogens (tertiary/aromatic N) is 2. The summed E-state index contributed by atoms with van der Waals surface area (Å²) in [4.78, 5) is 14.9. The first-order chi connectivity index (χ1) is 6.33. The van der Waals surface area contributed by atoms with Gasteiger partial charge in [0, 0.05) is 11.6 Å². The van der Waals surface area contributed by atoms with Gasteiger partial charge < -0.3 is 0 Å². The standard InChI is InChI=1S/C9H7ClN2O/c10-6-12-8-4-2-1-3-7(8)5-11-9(12)13/h1-5H,6H2. The number of halogens is 1. The highest BCUT2D eigenvalue weighted by Crippen LogP contribution is 2.09. The number of hydrogen-bond donors (Lipinski definition) is 0. The number of rotatable bonds is 1. The highest BCUT2D eigenvalue weighted by Gasteiger charge is 2.00. The van der Waals surface area contributed by atoms with Crippen LogP contribution in [0.1, 0.15) is 0 Å². The first kappa shape index (κ1) is 8.26. The van der Waals surface area contributed by atoms with Crippen molar-refractivity contribution in [3.8, 4) is 0 Å². The van der Waals surface area contributed by atoms with Crippen molar-refractivity contribution < 1.29 is 0 Å². The Bertz CT molecular complexity index is 492. The zero-order chi connectivity index (χ0) is 9.26. The minimum absolute atomic E-state index is 0.132. The van der Waals surface area contributed by atoms with Crippen molar-refractivity contribution >= 4 is 22.5 Å². The molecule has 13 heavy (non-hydrogen) atoms. The molecule has 4 heteroatoms. The zero-order valence-corrected chi connectivity index (χ0v) is 7.53. The molecule has 1 aromatic carbocycles. The molecule has 0 spiro atoms. The van der Waals surface area contributed by atoms with E-state index in [2.05, 4.69) is 4.98 Å². The topological polar surface area (TPSA) is 34.9 Å². The number of alkyl halides is 1. The monoisotopic (exact) mass is 194 g/mol. The third-order valence-corrected chi connectivity index (χ3v) is 2.13. The van der Waals surface area contributed by atoms with E-state index in [9.17, 15) is 4.79 Å². The second-order valence-electron chi connectivity index (χ2n) is 2.65. The number of fused-ring (bicyclic) bond motifs is 1. The highest BCUT2D eigenvalue weighted by molar-refractivity contribution is 6.15. The van der Waals surface area contributed by atoms with Crippen LogP contribution in [0.3, 0.4) is 0 Å². The molecular weight excluding hydrogens is 188 g/mol. The lowest BCUT2D eigenvalue weighted by molar-refractivity contribution is 0.828. The van der Waals surface area contributed by atoms with Crippen LogP contribution >= 0.6 is 11.6 Å². The van der Waals surface area contributed by atoms with E-state index in [-0.39, 0.29) is 11.7 Å². The van der Waals surface area contributed by atoms with Crippen molar-refractivity contribution in [2.75, 3.05) is 0 Å². The van der Waals surface area contributed by atoms with Gasteiger partial charge in [-0.1, -0.05) is 18.2 Å². The van der Waals surface area contributed by atoms with Gasteiger partial charge in [0.15, 0.2) is 0 Å². The average molecular weight is 195 g/mol. The number of para-hydroxylation sites is 1. The Balaban J connectivity index is 2.92. The predicted molar refractivity (Wildman–Crippen MR) is 51.9 cm³/mol. The summed E-state index contributed by atoms with van der Waals surface area (Å²) >= 11 is 5.63. The Morgan fingerprint density at radius 3 is 2.92 bits per heavy atom. The van der Waals surface area contributed by atoms with Crippen LogP contribution in [0.15, 0.2) is 35.3 Å².